The average Bonchev–Trinajstić information content (AvgIpc) is 2.98. The van der Waals surface area contributed by atoms with Crippen molar-refractivity contribution in [1.29, 1.82) is 0 Å². The summed E-state index contributed by atoms with van der Waals surface area (Å²) in [6.45, 7) is 2.02. The number of anilines is 1. The Hall–Kier alpha value is -2.34. The van der Waals surface area contributed by atoms with Crippen LogP contribution in [0.25, 0.3) is 11.0 Å². The van der Waals surface area contributed by atoms with Crippen LogP contribution in [0.5, 0.6) is 0 Å². The third-order valence-corrected chi connectivity index (χ3v) is 5.58. The van der Waals surface area contributed by atoms with Crippen molar-refractivity contribution in [3.05, 3.63) is 51.7 Å². The second-order valence-corrected chi connectivity index (χ2v) is 7.23. The molecular weight excluding hydrogens is 338 g/mol. The van der Waals surface area contributed by atoms with Crippen molar-refractivity contribution in [3.63, 3.8) is 0 Å². The Morgan fingerprint density at radius 1 is 1.12 bits per heavy atom. The van der Waals surface area contributed by atoms with Crippen LogP contribution in [0.15, 0.2) is 35.3 Å². The van der Waals surface area contributed by atoms with Gasteiger partial charge in [0.2, 0.25) is 0 Å². The van der Waals surface area contributed by atoms with Crippen LogP contribution in [0.3, 0.4) is 0 Å². The average molecular weight is 356 g/mol. The quantitative estimate of drug-likeness (QED) is 0.709. The first-order chi connectivity index (χ1) is 12.2. The lowest BCUT2D eigenvalue weighted by atomic mass is 9.93. The Kier molecular flexibility index (Phi) is 3.35. The van der Waals surface area contributed by atoms with Crippen molar-refractivity contribution in [2.75, 3.05) is 11.4 Å². The standard InChI is InChI=1S/C18H18ClN5O/c19-12-4-6-13(7-5-12)22-8-9-23-16(11-22)21-17-15(18(23)25)10-20-24(17)14-2-1-3-14/h4-7,10,14H,1-3,8-9,11H2. The molecule has 5 rings (SSSR count). The van der Waals surface area contributed by atoms with Crippen LogP contribution >= 0.6 is 11.6 Å². The van der Waals surface area contributed by atoms with E-state index in [1.54, 1.807) is 10.8 Å². The zero-order valence-corrected chi connectivity index (χ0v) is 14.5. The van der Waals surface area contributed by atoms with E-state index >= 15 is 0 Å². The molecule has 0 saturated heterocycles. The molecule has 1 fully saturated rings. The van der Waals surface area contributed by atoms with Gasteiger partial charge in [0.25, 0.3) is 5.56 Å². The smallest absolute Gasteiger partial charge is 0.264 e. The van der Waals surface area contributed by atoms with Crippen molar-refractivity contribution >= 4 is 28.3 Å². The van der Waals surface area contributed by atoms with Gasteiger partial charge in [-0.05, 0) is 43.5 Å². The van der Waals surface area contributed by atoms with Gasteiger partial charge in [-0.25, -0.2) is 9.67 Å². The normalized spacial score (nSPS) is 17.6. The van der Waals surface area contributed by atoms with E-state index in [1.165, 1.54) is 6.42 Å². The van der Waals surface area contributed by atoms with Gasteiger partial charge in [0, 0.05) is 23.8 Å². The maximum Gasteiger partial charge on any atom is 0.264 e. The Labute approximate surface area is 149 Å². The summed E-state index contributed by atoms with van der Waals surface area (Å²) >= 11 is 5.99. The fourth-order valence-corrected chi connectivity index (χ4v) is 3.78. The largest absolute Gasteiger partial charge is 0.362 e. The van der Waals surface area contributed by atoms with E-state index in [4.69, 9.17) is 16.6 Å². The SMILES string of the molecule is O=c1c2cnn(C3CCC3)c2nc2n1CCN(c1ccc(Cl)cc1)C2. The Bertz CT molecular complexity index is 1000. The van der Waals surface area contributed by atoms with Crippen LogP contribution in [0, 0.1) is 0 Å². The van der Waals surface area contributed by atoms with E-state index in [2.05, 4.69) is 10.00 Å². The fourth-order valence-electron chi connectivity index (χ4n) is 3.66. The molecule has 0 radical (unpaired) electrons. The van der Waals surface area contributed by atoms with Crippen LogP contribution < -0.4 is 10.5 Å². The van der Waals surface area contributed by atoms with E-state index in [9.17, 15) is 4.79 Å². The molecule has 0 atom stereocenters. The number of benzene rings is 1. The summed E-state index contributed by atoms with van der Waals surface area (Å²) in [5.41, 5.74) is 1.86. The van der Waals surface area contributed by atoms with Gasteiger partial charge in [-0.3, -0.25) is 9.36 Å². The molecule has 0 bridgehead atoms. The number of fused-ring (bicyclic) bond motifs is 2. The molecule has 0 N–H and O–H groups in total. The van der Waals surface area contributed by atoms with Gasteiger partial charge in [-0.2, -0.15) is 5.10 Å². The molecule has 1 aromatic carbocycles. The highest BCUT2D eigenvalue weighted by molar-refractivity contribution is 6.30. The molecule has 2 aliphatic rings. The van der Waals surface area contributed by atoms with Crippen molar-refractivity contribution in [3.8, 4) is 0 Å². The number of hydrogen-bond donors (Lipinski definition) is 0. The Balaban J connectivity index is 1.57. The van der Waals surface area contributed by atoms with Gasteiger partial charge in [0.15, 0.2) is 5.65 Å². The minimum Gasteiger partial charge on any atom is -0.362 e. The summed E-state index contributed by atoms with van der Waals surface area (Å²) < 4.78 is 3.74. The van der Waals surface area contributed by atoms with E-state index in [0.29, 0.717) is 24.5 Å². The third-order valence-electron chi connectivity index (χ3n) is 5.33. The highest BCUT2D eigenvalue weighted by Crippen LogP contribution is 2.32. The van der Waals surface area contributed by atoms with Crippen molar-refractivity contribution < 1.29 is 0 Å². The summed E-state index contributed by atoms with van der Waals surface area (Å²) in [6.07, 6.45) is 5.14. The number of rotatable bonds is 2. The molecule has 2 aromatic heterocycles. The van der Waals surface area contributed by atoms with Gasteiger partial charge in [-0.15, -0.1) is 0 Å². The molecule has 7 heteroatoms. The monoisotopic (exact) mass is 355 g/mol. The molecule has 1 aliphatic carbocycles. The van der Waals surface area contributed by atoms with Gasteiger partial charge < -0.3 is 4.90 Å². The van der Waals surface area contributed by atoms with Crippen LogP contribution in [0.4, 0.5) is 5.69 Å². The zero-order chi connectivity index (χ0) is 17.0. The summed E-state index contributed by atoms with van der Waals surface area (Å²) in [5, 5.41) is 5.81. The van der Waals surface area contributed by atoms with Gasteiger partial charge in [0.05, 0.1) is 18.8 Å². The van der Waals surface area contributed by atoms with Crippen LogP contribution in [0.2, 0.25) is 5.02 Å². The van der Waals surface area contributed by atoms with E-state index in [0.717, 1.165) is 41.6 Å². The fraction of sp³-hybridized carbons (Fsp3) is 0.389. The zero-order valence-electron chi connectivity index (χ0n) is 13.7. The summed E-state index contributed by atoms with van der Waals surface area (Å²) in [6, 6.07) is 8.19. The number of aromatic nitrogens is 4. The lowest BCUT2D eigenvalue weighted by Gasteiger charge is -2.31. The summed E-state index contributed by atoms with van der Waals surface area (Å²) in [4.78, 5) is 19.9. The highest BCUT2D eigenvalue weighted by Gasteiger charge is 2.26. The summed E-state index contributed by atoms with van der Waals surface area (Å²) in [7, 11) is 0. The number of nitrogens with zero attached hydrogens (tertiary/aromatic N) is 5. The van der Waals surface area contributed by atoms with E-state index < -0.39 is 0 Å². The molecule has 0 unspecified atom stereocenters. The topological polar surface area (TPSA) is 56.0 Å². The maximum atomic E-state index is 12.8. The van der Waals surface area contributed by atoms with Gasteiger partial charge >= 0.3 is 0 Å². The minimum atomic E-state index is 0.0290. The van der Waals surface area contributed by atoms with Crippen molar-refractivity contribution in [2.24, 2.45) is 0 Å². The molecule has 3 heterocycles. The Morgan fingerprint density at radius 3 is 2.64 bits per heavy atom. The molecule has 0 spiro atoms. The molecule has 1 saturated carbocycles. The molecular formula is C18H18ClN5O. The number of halogens is 1. The predicted molar refractivity (Wildman–Crippen MR) is 97.2 cm³/mol. The highest BCUT2D eigenvalue weighted by atomic mass is 35.5. The van der Waals surface area contributed by atoms with Crippen molar-refractivity contribution in [1.82, 2.24) is 19.3 Å². The summed E-state index contributed by atoms with van der Waals surface area (Å²) in [5.74, 6) is 0.805. The van der Waals surface area contributed by atoms with E-state index in [-0.39, 0.29) is 5.56 Å². The second kappa shape index (κ2) is 5.59. The lowest BCUT2D eigenvalue weighted by Crippen LogP contribution is -2.40. The van der Waals surface area contributed by atoms with Gasteiger partial charge in [-0.1, -0.05) is 11.6 Å². The van der Waals surface area contributed by atoms with Crippen LogP contribution in [-0.4, -0.2) is 25.9 Å². The molecule has 0 amide bonds. The maximum absolute atomic E-state index is 12.8. The molecule has 128 valence electrons. The lowest BCUT2D eigenvalue weighted by molar-refractivity contribution is 0.295. The first-order valence-corrected chi connectivity index (χ1v) is 9.06. The third kappa shape index (κ3) is 2.35. The molecule has 1 aliphatic heterocycles. The van der Waals surface area contributed by atoms with E-state index in [1.807, 2.05) is 28.9 Å². The van der Waals surface area contributed by atoms with Gasteiger partial charge in [0.1, 0.15) is 11.2 Å². The minimum absolute atomic E-state index is 0.0290. The number of hydrogen-bond acceptors (Lipinski definition) is 4. The second-order valence-electron chi connectivity index (χ2n) is 6.79. The predicted octanol–water partition coefficient (Wildman–Crippen LogP) is 2.99. The first-order valence-electron chi connectivity index (χ1n) is 8.68. The molecule has 25 heavy (non-hydrogen) atoms. The van der Waals surface area contributed by atoms with Crippen LogP contribution in [0.1, 0.15) is 31.1 Å². The van der Waals surface area contributed by atoms with Crippen LogP contribution in [-0.2, 0) is 13.1 Å². The molecule has 6 nitrogen and oxygen atoms in total. The Morgan fingerprint density at radius 2 is 1.92 bits per heavy atom. The first kappa shape index (κ1) is 15.0. The van der Waals surface area contributed by atoms with Crippen molar-refractivity contribution in [2.45, 2.75) is 38.4 Å². The molecule has 3 aromatic rings.